The van der Waals surface area contributed by atoms with Gasteiger partial charge in [0.1, 0.15) is 5.82 Å². The fourth-order valence-electron chi connectivity index (χ4n) is 4.44. The Morgan fingerprint density at radius 1 is 0.840 bits per heavy atom. The van der Waals surface area contributed by atoms with Crippen LogP contribution in [0.1, 0.15) is 114 Å². The highest BCUT2D eigenvalue weighted by Gasteiger charge is 2.24. The standard InChI is InChI=1S/C24H39F/c1-3-5-7-8-10-11-20-13-16-22(17-14-20)23-18-15-21(19-24(23)25)12-9-6-4-2/h15,18-20,22H,3-14,16-17H2,1-2H3. The summed E-state index contributed by atoms with van der Waals surface area (Å²) in [6.45, 7) is 4.49. The van der Waals surface area contributed by atoms with Gasteiger partial charge in [0.05, 0.1) is 0 Å². The van der Waals surface area contributed by atoms with Gasteiger partial charge in [-0.25, -0.2) is 4.39 Å². The van der Waals surface area contributed by atoms with Gasteiger partial charge in [0.15, 0.2) is 0 Å². The molecule has 25 heavy (non-hydrogen) atoms. The molecule has 0 bridgehead atoms. The summed E-state index contributed by atoms with van der Waals surface area (Å²) in [4.78, 5) is 0. The number of hydrogen-bond donors (Lipinski definition) is 0. The van der Waals surface area contributed by atoms with Gasteiger partial charge in [-0.1, -0.05) is 77.3 Å². The number of rotatable bonds is 11. The molecule has 1 aliphatic rings. The fourth-order valence-corrected chi connectivity index (χ4v) is 4.44. The number of aryl methyl sites for hydroxylation is 1. The van der Waals surface area contributed by atoms with Crippen LogP contribution in [0, 0.1) is 11.7 Å². The van der Waals surface area contributed by atoms with Crippen LogP contribution in [0.3, 0.4) is 0 Å². The summed E-state index contributed by atoms with van der Waals surface area (Å²) in [5, 5.41) is 0. The first-order valence-corrected chi connectivity index (χ1v) is 11.0. The minimum Gasteiger partial charge on any atom is -0.207 e. The van der Waals surface area contributed by atoms with Crippen LogP contribution in [0.4, 0.5) is 4.39 Å². The monoisotopic (exact) mass is 346 g/mol. The van der Waals surface area contributed by atoms with Crippen molar-refractivity contribution in [3.63, 3.8) is 0 Å². The van der Waals surface area contributed by atoms with Crippen molar-refractivity contribution in [1.29, 1.82) is 0 Å². The van der Waals surface area contributed by atoms with Crippen LogP contribution >= 0.6 is 0 Å². The van der Waals surface area contributed by atoms with Crippen molar-refractivity contribution in [3.05, 3.63) is 35.1 Å². The van der Waals surface area contributed by atoms with Gasteiger partial charge in [-0.05, 0) is 67.6 Å². The van der Waals surface area contributed by atoms with Gasteiger partial charge in [-0.2, -0.15) is 0 Å². The van der Waals surface area contributed by atoms with Crippen LogP contribution in [-0.4, -0.2) is 0 Å². The second-order valence-electron chi connectivity index (χ2n) is 8.23. The molecule has 1 heteroatoms. The predicted octanol–water partition coefficient (Wildman–Crippen LogP) is 8.19. The summed E-state index contributed by atoms with van der Waals surface area (Å²) in [5.74, 6) is 1.41. The topological polar surface area (TPSA) is 0 Å². The maximum absolute atomic E-state index is 14.6. The van der Waals surface area contributed by atoms with Gasteiger partial charge < -0.3 is 0 Å². The van der Waals surface area contributed by atoms with Crippen molar-refractivity contribution in [2.45, 2.75) is 110 Å². The average molecular weight is 347 g/mol. The van der Waals surface area contributed by atoms with E-state index in [0.29, 0.717) is 5.92 Å². The number of hydrogen-bond acceptors (Lipinski definition) is 0. The number of halogens is 1. The lowest BCUT2D eigenvalue weighted by atomic mass is 9.76. The quantitative estimate of drug-likeness (QED) is 0.354. The van der Waals surface area contributed by atoms with Crippen LogP contribution in [-0.2, 0) is 6.42 Å². The number of benzene rings is 1. The zero-order valence-corrected chi connectivity index (χ0v) is 16.7. The highest BCUT2D eigenvalue weighted by Crippen LogP contribution is 2.38. The minimum atomic E-state index is 0.0528. The Bertz CT molecular complexity index is 471. The Labute approximate surface area is 155 Å². The minimum absolute atomic E-state index is 0.0528. The molecule has 0 nitrogen and oxygen atoms in total. The first-order chi connectivity index (χ1) is 12.2. The molecule has 0 radical (unpaired) electrons. The summed E-state index contributed by atoms with van der Waals surface area (Å²) in [6, 6.07) is 6.07. The van der Waals surface area contributed by atoms with E-state index in [1.165, 1.54) is 89.0 Å². The molecule has 2 rings (SSSR count). The highest BCUT2D eigenvalue weighted by molar-refractivity contribution is 5.27. The van der Waals surface area contributed by atoms with Crippen molar-refractivity contribution in [3.8, 4) is 0 Å². The Kier molecular flexibility index (Phi) is 9.58. The van der Waals surface area contributed by atoms with E-state index in [1.54, 1.807) is 0 Å². The van der Waals surface area contributed by atoms with Crippen LogP contribution in [0.2, 0.25) is 0 Å². The molecule has 0 aliphatic heterocycles. The zero-order chi connectivity index (χ0) is 17.9. The van der Waals surface area contributed by atoms with Gasteiger partial charge in [0.2, 0.25) is 0 Å². The van der Waals surface area contributed by atoms with Gasteiger partial charge >= 0.3 is 0 Å². The van der Waals surface area contributed by atoms with Gasteiger partial charge in [-0.3, -0.25) is 0 Å². The molecule has 1 aromatic rings. The van der Waals surface area contributed by atoms with Gasteiger partial charge in [0.25, 0.3) is 0 Å². The van der Waals surface area contributed by atoms with E-state index in [4.69, 9.17) is 0 Å². The third-order valence-electron chi connectivity index (χ3n) is 6.14. The molecule has 0 atom stereocenters. The molecule has 0 unspecified atom stereocenters. The van der Waals surface area contributed by atoms with Gasteiger partial charge in [-0.15, -0.1) is 0 Å². The summed E-state index contributed by atoms with van der Waals surface area (Å²) in [7, 11) is 0. The first kappa shape index (κ1) is 20.5. The second-order valence-corrected chi connectivity index (χ2v) is 8.23. The van der Waals surface area contributed by atoms with E-state index < -0.39 is 0 Å². The maximum Gasteiger partial charge on any atom is 0.126 e. The van der Waals surface area contributed by atoms with E-state index in [0.717, 1.165) is 17.9 Å². The molecular formula is C24H39F. The molecule has 142 valence electrons. The van der Waals surface area contributed by atoms with Gasteiger partial charge in [0, 0.05) is 0 Å². The third-order valence-corrected chi connectivity index (χ3v) is 6.14. The smallest absolute Gasteiger partial charge is 0.126 e. The third kappa shape index (κ3) is 7.12. The van der Waals surface area contributed by atoms with Crippen molar-refractivity contribution in [1.82, 2.24) is 0 Å². The van der Waals surface area contributed by atoms with Crippen LogP contribution in [0.15, 0.2) is 18.2 Å². The lowest BCUT2D eigenvalue weighted by Gasteiger charge is -2.29. The highest BCUT2D eigenvalue weighted by atomic mass is 19.1. The van der Waals surface area contributed by atoms with E-state index in [2.05, 4.69) is 26.0 Å². The van der Waals surface area contributed by atoms with Crippen molar-refractivity contribution in [2.24, 2.45) is 5.92 Å². The normalized spacial score (nSPS) is 20.8. The predicted molar refractivity (Wildman–Crippen MR) is 108 cm³/mol. The zero-order valence-electron chi connectivity index (χ0n) is 16.7. The molecule has 1 aliphatic carbocycles. The average Bonchev–Trinajstić information content (AvgIpc) is 2.63. The second kappa shape index (κ2) is 11.7. The van der Waals surface area contributed by atoms with Crippen LogP contribution < -0.4 is 0 Å². The Morgan fingerprint density at radius 3 is 2.20 bits per heavy atom. The van der Waals surface area contributed by atoms with E-state index in [-0.39, 0.29) is 5.82 Å². The van der Waals surface area contributed by atoms with E-state index >= 15 is 0 Å². The molecule has 1 aromatic carbocycles. The van der Waals surface area contributed by atoms with Crippen molar-refractivity contribution >= 4 is 0 Å². The summed E-state index contributed by atoms with van der Waals surface area (Å²) >= 11 is 0. The molecule has 0 amide bonds. The molecule has 0 heterocycles. The SMILES string of the molecule is CCCCCCCC1CCC(c2ccc(CCCCC)cc2F)CC1. The summed E-state index contributed by atoms with van der Waals surface area (Å²) < 4.78 is 14.6. The van der Waals surface area contributed by atoms with Crippen LogP contribution in [0.5, 0.6) is 0 Å². The van der Waals surface area contributed by atoms with Crippen LogP contribution in [0.25, 0.3) is 0 Å². The Hall–Kier alpha value is -0.850. The Morgan fingerprint density at radius 2 is 1.52 bits per heavy atom. The molecule has 1 fully saturated rings. The molecular weight excluding hydrogens is 307 g/mol. The van der Waals surface area contributed by atoms with E-state index in [9.17, 15) is 4.39 Å². The molecule has 0 N–H and O–H groups in total. The first-order valence-electron chi connectivity index (χ1n) is 11.0. The fraction of sp³-hybridized carbons (Fsp3) is 0.750. The van der Waals surface area contributed by atoms with E-state index in [1.807, 2.05) is 6.07 Å². The largest absolute Gasteiger partial charge is 0.207 e. The molecule has 1 saturated carbocycles. The molecule has 0 spiro atoms. The number of unbranched alkanes of at least 4 members (excludes halogenated alkanes) is 6. The van der Waals surface area contributed by atoms with Crippen molar-refractivity contribution < 1.29 is 4.39 Å². The Balaban J connectivity index is 1.74. The maximum atomic E-state index is 14.6. The van der Waals surface area contributed by atoms with Crippen molar-refractivity contribution in [2.75, 3.05) is 0 Å². The molecule has 0 aromatic heterocycles. The molecule has 0 saturated heterocycles. The lowest BCUT2D eigenvalue weighted by molar-refractivity contribution is 0.298. The summed E-state index contributed by atoms with van der Waals surface area (Å²) in [5.41, 5.74) is 2.16. The lowest BCUT2D eigenvalue weighted by Crippen LogP contribution is -2.14. The summed E-state index contributed by atoms with van der Waals surface area (Å²) in [6.07, 6.45) is 18.0.